The number of hydrogen-bond donors (Lipinski definition) is 1. The second-order valence-corrected chi connectivity index (χ2v) is 5.67. The Labute approximate surface area is 143 Å². The van der Waals surface area contributed by atoms with E-state index in [9.17, 15) is 9.59 Å². The standard InChI is InChI=1S/C20H14N2O3/c23-11-18-19-15(14-8-4-5-9-16(14)22-19)10-17(21-18)20(24)25-12-13-6-2-1-3-7-13/h1-11,22H,12H2. The number of fused-ring (bicyclic) bond motifs is 3. The van der Waals surface area contributed by atoms with E-state index >= 15 is 0 Å². The number of H-pyrrole nitrogens is 1. The number of benzene rings is 2. The quantitative estimate of drug-likeness (QED) is 0.455. The normalized spacial score (nSPS) is 10.9. The molecule has 4 aromatic rings. The van der Waals surface area contributed by atoms with Gasteiger partial charge in [0.05, 0.1) is 5.52 Å². The summed E-state index contributed by atoms with van der Waals surface area (Å²) in [7, 11) is 0. The number of nitrogens with one attached hydrogen (secondary N) is 1. The fourth-order valence-corrected chi connectivity index (χ4v) is 2.86. The zero-order chi connectivity index (χ0) is 17.2. The molecule has 0 amide bonds. The van der Waals surface area contributed by atoms with E-state index in [2.05, 4.69) is 9.97 Å². The molecule has 2 aromatic heterocycles. The lowest BCUT2D eigenvalue weighted by atomic mass is 10.1. The van der Waals surface area contributed by atoms with Crippen LogP contribution in [0, 0.1) is 0 Å². The monoisotopic (exact) mass is 330 g/mol. The van der Waals surface area contributed by atoms with Crippen LogP contribution in [0.25, 0.3) is 21.8 Å². The molecule has 2 aromatic carbocycles. The van der Waals surface area contributed by atoms with Gasteiger partial charge in [0.25, 0.3) is 0 Å². The van der Waals surface area contributed by atoms with E-state index in [4.69, 9.17) is 4.74 Å². The molecule has 1 N–H and O–H groups in total. The van der Waals surface area contributed by atoms with Gasteiger partial charge in [-0.3, -0.25) is 4.79 Å². The summed E-state index contributed by atoms with van der Waals surface area (Å²) in [5, 5.41) is 1.71. The molecule has 25 heavy (non-hydrogen) atoms. The van der Waals surface area contributed by atoms with Crippen LogP contribution in [0.2, 0.25) is 0 Å². The van der Waals surface area contributed by atoms with Crippen LogP contribution >= 0.6 is 0 Å². The van der Waals surface area contributed by atoms with Gasteiger partial charge in [-0.15, -0.1) is 0 Å². The fraction of sp³-hybridized carbons (Fsp3) is 0.0500. The van der Waals surface area contributed by atoms with E-state index in [0.717, 1.165) is 21.9 Å². The number of esters is 1. The van der Waals surface area contributed by atoms with E-state index in [0.29, 0.717) is 11.8 Å². The average molecular weight is 330 g/mol. The van der Waals surface area contributed by atoms with Crippen LogP contribution in [0.15, 0.2) is 60.7 Å². The van der Waals surface area contributed by atoms with Gasteiger partial charge in [0.1, 0.15) is 18.0 Å². The summed E-state index contributed by atoms with van der Waals surface area (Å²) in [6, 6.07) is 18.7. The van der Waals surface area contributed by atoms with Crippen LogP contribution in [0.3, 0.4) is 0 Å². The van der Waals surface area contributed by atoms with Crippen molar-refractivity contribution in [3.8, 4) is 0 Å². The number of carbonyl (C=O) groups excluding carboxylic acids is 2. The highest BCUT2D eigenvalue weighted by molar-refractivity contribution is 6.12. The predicted octanol–water partition coefficient (Wildman–Crippen LogP) is 3.89. The van der Waals surface area contributed by atoms with Gasteiger partial charge in [0.15, 0.2) is 6.29 Å². The minimum Gasteiger partial charge on any atom is -0.456 e. The summed E-state index contributed by atoms with van der Waals surface area (Å²) in [5.74, 6) is -0.556. The third kappa shape index (κ3) is 2.76. The largest absolute Gasteiger partial charge is 0.456 e. The molecule has 0 saturated heterocycles. The molecule has 0 aliphatic rings. The van der Waals surface area contributed by atoms with Crippen LogP contribution < -0.4 is 0 Å². The molecule has 0 atom stereocenters. The maximum Gasteiger partial charge on any atom is 0.357 e. The molecule has 0 unspecified atom stereocenters. The Morgan fingerprint density at radius 3 is 2.60 bits per heavy atom. The number of para-hydroxylation sites is 1. The van der Waals surface area contributed by atoms with Crippen LogP contribution in [0.1, 0.15) is 26.5 Å². The SMILES string of the molecule is O=Cc1nc(C(=O)OCc2ccccc2)cc2c1[nH]c1ccccc12. The number of nitrogens with zero attached hydrogens (tertiary/aromatic N) is 1. The number of ether oxygens (including phenoxy) is 1. The zero-order valence-corrected chi connectivity index (χ0v) is 13.2. The third-order valence-corrected chi connectivity index (χ3v) is 4.06. The van der Waals surface area contributed by atoms with Gasteiger partial charge < -0.3 is 9.72 Å². The first-order chi connectivity index (χ1) is 12.3. The van der Waals surface area contributed by atoms with Crippen LogP contribution in [-0.2, 0) is 11.3 Å². The summed E-state index contributed by atoms with van der Waals surface area (Å²) >= 11 is 0. The highest BCUT2D eigenvalue weighted by atomic mass is 16.5. The minimum absolute atomic E-state index is 0.121. The second-order valence-electron chi connectivity index (χ2n) is 5.67. The first kappa shape index (κ1) is 15.1. The molecule has 4 rings (SSSR count). The van der Waals surface area contributed by atoms with Crippen molar-refractivity contribution in [3.63, 3.8) is 0 Å². The minimum atomic E-state index is -0.556. The van der Waals surface area contributed by atoms with Crippen LogP contribution in [0.5, 0.6) is 0 Å². The van der Waals surface area contributed by atoms with Crippen molar-refractivity contribution in [1.29, 1.82) is 0 Å². The highest BCUT2D eigenvalue weighted by Crippen LogP contribution is 2.27. The molecule has 5 nitrogen and oxygen atoms in total. The third-order valence-electron chi connectivity index (χ3n) is 4.06. The summed E-state index contributed by atoms with van der Waals surface area (Å²) in [5.41, 5.74) is 2.71. The van der Waals surface area contributed by atoms with Crippen molar-refractivity contribution in [3.05, 3.63) is 77.6 Å². The maximum atomic E-state index is 12.4. The summed E-state index contributed by atoms with van der Waals surface area (Å²) in [4.78, 5) is 31.1. The number of hydrogen-bond acceptors (Lipinski definition) is 4. The first-order valence-electron chi connectivity index (χ1n) is 7.84. The van der Waals surface area contributed by atoms with Gasteiger partial charge in [0, 0.05) is 16.3 Å². The van der Waals surface area contributed by atoms with Crippen molar-refractivity contribution in [2.75, 3.05) is 0 Å². The van der Waals surface area contributed by atoms with Gasteiger partial charge >= 0.3 is 5.97 Å². The number of aromatic nitrogens is 2. The fourth-order valence-electron chi connectivity index (χ4n) is 2.86. The molecular weight excluding hydrogens is 316 g/mol. The number of carbonyl (C=O) groups is 2. The number of pyridine rings is 1. The van der Waals surface area contributed by atoms with E-state index in [1.165, 1.54) is 0 Å². The first-order valence-corrected chi connectivity index (χ1v) is 7.84. The molecule has 0 spiro atoms. The Hall–Kier alpha value is -3.47. The lowest BCUT2D eigenvalue weighted by molar-refractivity contribution is 0.0466. The molecule has 0 aliphatic heterocycles. The van der Waals surface area contributed by atoms with Crippen molar-refractivity contribution < 1.29 is 14.3 Å². The molecule has 0 fully saturated rings. The maximum absolute atomic E-state index is 12.4. The second kappa shape index (κ2) is 6.20. The van der Waals surface area contributed by atoms with E-state index in [-0.39, 0.29) is 18.0 Å². The van der Waals surface area contributed by atoms with Gasteiger partial charge in [0.2, 0.25) is 0 Å². The summed E-state index contributed by atoms with van der Waals surface area (Å²) < 4.78 is 5.32. The molecule has 0 saturated carbocycles. The Morgan fingerprint density at radius 2 is 1.80 bits per heavy atom. The van der Waals surface area contributed by atoms with Crippen molar-refractivity contribution in [2.45, 2.75) is 6.61 Å². The smallest absolute Gasteiger partial charge is 0.357 e. The molecular formula is C20H14N2O3. The number of aromatic amines is 1. The summed E-state index contributed by atoms with van der Waals surface area (Å²) in [6.45, 7) is 0.156. The van der Waals surface area contributed by atoms with Crippen LogP contribution in [0.4, 0.5) is 0 Å². The van der Waals surface area contributed by atoms with Crippen LogP contribution in [-0.4, -0.2) is 22.2 Å². The highest BCUT2D eigenvalue weighted by Gasteiger charge is 2.16. The molecule has 0 bridgehead atoms. The van der Waals surface area contributed by atoms with E-state index < -0.39 is 5.97 Å². The Bertz CT molecular complexity index is 1080. The lowest BCUT2D eigenvalue weighted by Gasteiger charge is -2.05. The van der Waals surface area contributed by atoms with Gasteiger partial charge in [-0.1, -0.05) is 48.5 Å². The van der Waals surface area contributed by atoms with Crippen molar-refractivity contribution >= 4 is 34.1 Å². The van der Waals surface area contributed by atoms with Gasteiger partial charge in [-0.05, 0) is 17.7 Å². The Balaban J connectivity index is 1.72. The molecule has 122 valence electrons. The molecule has 0 radical (unpaired) electrons. The zero-order valence-electron chi connectivity index (χ0n) is 13.2. The van der Waals surface area contributed by atoms with Gasteiger partial charge in [-0.2, -0.15) is 0 Å². The topological polar surface area (TPSA) is 72.1 Å². The average Bonchev–Trinajstić information content (AvgIpc) is 3.05. The van der Waals surface area contributed by atoms with Gasteiger partial charge in [-0.25, -0.2) is 9.78 Å². The molecule has 2 heterocycles. The number of rotatable bonds is 4. The van der Waals surface area contributed by atoms with Crippen molar-refractivity contribution in [2.24, 2.45) is 0 Å². The summed E-state index contributed by atoms with van der Waals surface area (Å²) in [6.07, 6.45) is 0.645. The molecule has 5 heteroatoms. The lowest BCUT2D eigenvalue weighted by Crippen LogP contribution is -2.09. The molecule has 0 aliphatic carbocycles. The van der Waals surface area contributed by atoms with E-state index in [1.54, 1.807) is 6.07 Å². The number of aldehydes is 1. The predicted molar refractivity (Wildman–Crippen MR) is 94.5 cm³/mol. The van der Waals surface area contributed by atoms with Crippen molar-refractivity contribution in [1.82, 2.24) is 9.97 Å². The Morgan fingerprint density at radius 1 is 1.04 bits per heavy atom. The Kier molecular flexibility index (Phi) is 3.74. The van der Waals surface area contributed by atoms with E-state index in [1.807, 2.05) is 54.6 Å².